The first kappa shape index (κ1) is 19.4. The average molecular weight is 456 g/mol. The molecular formula is C20H25IO2S. The van der Waals surface area contributed by atoms with Gasteiger partial charge in [0.2, 0.25) is 0 Å². The van der Waals surface area contributed by atoms with Gasteiger partial charge in [-0.3, -0.25) is 0 Å². The summed E-state index contributed by atoms with van der Waals surface area (Å²) in [5.41, 5.74) is 0. The van der Waals surface area contributed by atoms with Gasteiger partial charge in [-0.2, -0.15) is 0 Å². The van der Waals surface area contributed by atoms with Crippen molar-refractivity contribution in [2.45, 2.75) is 55.2 Å². The molecular weight excluding hydrogens is 431 g/mol. The molecule has 0 saturated heterocycles. The highest BCUT2D eigenvalue weighted by atomic mass is 127. The number of unbranched alkanes of at least 4 members (excludes halogenated alkanes) is 5. The lowest BCUT2D eigenvalue weighted by Gasteiger charge is -2.07. The molecule has 0 aliphatic heterocycles. The van der Waals surface area contributed by atoms with Gasteiger partial charge in [0.1, 0.15) is 11.5 Å². The minimum Gasteiger partial charge on any atom is -0.494 e. The number of benzene rings is 2. The van der Waals surface area contributed by atoms with Crippen LogP contribution in [0.15, 0.2) is 58.3 Å². The molecule has 0 radical (unpaired) electrons. The van der Waals surface area contributed by atoms with Crippen LogP contribution in [-0.4, -0.2) is 6.61 Å². The van der Waals surface area contributed by atoms with Crippen LogP contribution in [0.5, 0.6) is 11.5 Å². The Morgan fingerprint density at radius 2 is 1.29 bits per heavy atom. The summed E-state index contributed by atoms with van der Waals surface area (Å²) in [4.78, 5) is 2.41. The molecule has 0 fully saturated rings. The normalized spacial score (nSPS) is 10.6. The first-order valence-electron chi connectivity index (χ1n) is 8.61. The number of halogens is 1. The highest BCUT2D eigenvalue weighted by Crippen LogP contribution is 2.30. The van der Waals surface area contributed by atoms with Gasteiger partial charge < -0.3 is 7.80 Å². The van der Waals surface area contributed by atoms with Crippen molar-refractivity contribution in [3.8, 4) is 11.5 Å². The molecule has 0 saturated carbocycles. The summed E-state index contributed by atoms with van der Waals surface area (Å²) < 4.78 is 11.0. The second-order valence-corrected chi connectivity index (χ2v) is 7.33. The van der Waals surface area contributed by atoms with Crippen molar-refractivity contribution in [1.29, 1.82) is 0 Å². The van der Waals surface area contributed by atoms with Gasteiger partial charge in [0, 0.05) is 9.79 Å². The lowest BCUT2D eigenvalue weighted by Crippen LogP contribution is -1.97. The van der Waals surface area contributed by atoms with E-state index >= 15 is 0 Å². The van der Waals surface area contributed by atoms with Crippen molar-refractivity contribution in [2.75, 3.05) is 6.61 Å². The standard InChI is InChI=1S/C20H25IO2S/c1-2-3-4-5-6-7-16-22-17-8-12-19(13-9-17)24-20-14-10-18(23-21)11-15-20/h8-15H,2-7,16H2,1H3. The first-order chi connectivity index (χ1) is 11.8. The van der Waals surface area contributed by atoms with Crippen LogP contribution in [0.1, 0.15) is 45.4 Å². The van der Waals surface area contributed by atoms with E-state index in [1.54, 1.807) is 11.8 Å². The van der Waals surface area contributed by atoms with E-state index in [1.807, 2.05) is 35.1 Å². The zero-order valence-electron chi connectivity index (χ0n) is 14.2. The van der Waals surface area contributed by atoms with Crippen molar-refractivity contribution in [3.63, 3.8) is 0 Å². The van der Waals surface area contributed by atoms with Crippen molar-refractivity contribution in [3.05, 3.63) is 48.5 Å². The van der Waals surface area contributed by atoms with Crippen molar-refractivity contribution < 1.29 is 7.80 Å². The van der Waals surface area contributed by atoms with E-state index in [4.69, 9.17) is 7.80 Å². The summed E-state index contributed by atoms with van der Waals surface area (Å²) in [6.45, 7) is 3.07. The summed E-state index contributed by atoms with van der Waals surface area (Å²) in [7, 11) is 0. The molecule has 0 heterocycles. The summed E-state index contributed by atoms with van der Waals surface area (Å²) in [6, 6.07) is 16.4. The second kappa shape index (κ2) is 11.6. The maximum atomic E-state index is 5.82. The Kier molecular flexibility index (Phi) is 9.43. The van der Waals surface area contributed by atoms with E-state index in [0.29, 0.717) is 0 Å². The third kappa shape index (κ3) is 7.34. The minimum absolute atomic E-state index is 0.816. The Hall–Kier alpha value is -0.880. The van der Waals surface area contributed by atoms with Gasteiger partial charge in [-0.1, -0.05) is 50.8 Å². The third-order valence-electron chi connectivity index (χ3n) is 3.74. The summed E-state index contributed by atoms with van der Waals surface area (Å²) in [6.07, 6.45) is 7.75. The average Bonchev–Trinajstić information content (AvgIpc) is 2.63. The van der Waals surface area contributed by atoms with E-state index in [-0.39, 0.29) is 0 Å². The predicted molar refractivity (Wildman–Crippen MR) is 111 cm³/mol. The number of hydrogen-bond acceptors (Lipinski definition) is 3. The molecule has 2 nitrogen and oxygen atoms in total. The molecule has 4 heteroatoms. The van der Waals surface area contributed by atoms with Crippen LogP contribution in [-0.2, 0) is 0 Å². The topological polar surface area (TPSA) is 18.5 Å². The summed E-state index contributed by atoms with van der Waals surface area (Å²) in [5.74, 6) is 1.83. The quantitative estimate of drug-likeness (QED) is 0.261. The maximum absolute atomic E-state index is 5.82. The van der Waals surface area contributed by atoms with Crippen LogP contribution >= 0.6 is 34.8 Å². The van der Waals surface area contributed by atoms with E-state index in [2.05, 4.69) is 43.3 Å². The molecule has 0 N–H and O–H groups in total. The van der Waals surface area contributed by atoms with Gasteiger partial charge in [-0.15, -0.1) is 0 Å². The predicted octanol–water partition coefficient (Wildman–Crippen LogP) is 7.31. The molecule has 0 aliphatic carbocycles. The van der Waals surface area contributed by atoms with Crippen LogP contribution in [0.2, 0.25) is 0 Å². The Labute approximate surface area is 164 Å². The molecule has 2 rings (SSSR count). The Morgan fingerprint density at radius 1 is 0.750 bits per heavy atom. The van der Waals surface area contributed by atoms with Crippen LogP contribution in [0, 0.1) is 0 Å². The van der Waals surface area contributed by atoms with Crippen molar-refractivity contribution in [1.82, 2.24) is 0 Å². The van der Waals surface area contributed by atoms with Gasteiger partial charge in [0.05, 0.1) is 6.61 Å². The highest BCUT2D eigenvalue weighted by molar-refractivity contribution is 14.1. The van der Waals surface area contributed by atoms with E-state index in [1.165, 1.54) is 41.9 Å². The second-order valence-electron chi connectivity index (χ2n) is 5.74. The zero-order valence-corrected chi connectivity index (χ0v) is 17.1. The third-order valence-corrected chi connectivity index (χ3v) is 5.26. The van der Waals surface area contributed by atoms with E-state index < -0.39 is 0 Å². The smallest absolute Gasteiger partial charge is 0.192 e. The number of ether oxygens (including phenoxy) is 1. The first-order valence-corrected chi connectivity index (χ1v) is 10.3. The van der Waals surface area contributed by atoms with Gasteiger partial charge in [0.25, 0.3) is 0 Å². The Balaban J connectivity index is 1.70. The molecule has 2 aromatic carbocycles. The van der Waals surface area contributed by atoms with Crippen molar-refractivity contribution in [2.24, 2.45) is 0 Å². The monoisotopic (exact) mass is 456 g/mol. The fraction of sp³-hybridized carbons (Fsp3) is 0.400. The van der Waals surface area contributed by atoms with E-state index in [0.717, 1.165) is 24.5 Å². The lowest BCUT2D eigenvalue weighted by atomic mass is 10.1. The minimum atomic E-state index is 0.816. The summed E-state index contributed by atoms with van der Waals surface area (Å²) >= 11 is 3.63. The number of hydrogen-bond donors (Lipinski definition) is 0. The van der Waals surface area contributed by atoms with Gasteiger partial charge in [-0.05, 0) is 55.0 Å². The van der Waals surface area contributed by atoms with Gasteiger partial charge in [0.15, 0.2) is 23.0 Å². The lowest BCUT2D eigenvalue weighted by molar-refractivity contribution is 0.304. The van der Waals surface area contributed by atoms with Gasteiger partial charge in [-0.25, -0.2) is 0 Å². The van der Waals surface area contributed by atoms with Crippen LogP contribution in [0.4, 0.5) is 0 Å². The van der Waals surface area contributed by atoms with Crippen LogP contribution < -0.4 is 7.80 Å². The SMILES string of the molecule is CCCCCCCCOc1ccc(Sc2ccc(OI)cc2)cc1. The Morgan fingerprint density at radius 3 is 1.88 bits per heavy atom. The molecule has 0 aromatic heterocycles. The van der Waals surface area contributed by atoms with Crippen LogP contribution in [0.3, 0.4) is 0 Å². The fourth-order valence-corrected chi connectivity index (χ4v) is 3.48. The zero-order chi connectivity index (χ0) is 17.0. The molecule has 0 unspecified atom stereocenters. The summed E-state index contributed by atoms with van der Waals surface area (Å²) in [5, 5.41) is 0. The van der Waals surface area contributed by atoms with Crippen molar-refractivity contribution >= 4 is 34.8 Å². The molecule has 0 bridgehead atoms. The molecule has 0 spiro atoms. The Bertz CT molecular complexity index is 569. The highest BCUT2D eigenvalue weighted by Gasteiger charge is 2.00. The van der Waals surface area contributed by atoms with Crippen LogP contribution in [0.25, 0.3) is 0 Å². The van der Waals surface area contributed by atoms with E-state index in [9.17, 15) is 0 Å². The molecule has 2 aromatic rings. The molecule has 130 valence electrons. The fourth-order valence-electron chi connectivity index (χ4n) is 2.37. The molecule has 0 aliphatic rings. The molecule has 0 amide bonds. The van der Waals surface area contributed by atoms with Gasteiger partial charge >= 0.3 is 0 Å². The molecule has 0 atom stereocenters. The number of rotatable bonds is 11. The largest absolute Gasteiger partial charge is 0.494 e. The molecule has 24 heavy (non-hydrogen) atoms. The maximum Gasteiger partial charge on any atom is 0.192 e.